The lowest BCUT2D eigenvalue weighted by Crippen LogP contribution is -2.49. The molecule has 162 valence electrons. The molecule has 1 atom stereocenters. The summed E-state index contributed by atoms with van der Waals surface area (Å²) >= 11 is 0. The summed E-state index contributed by atoms with van der Waals surface area (Å²) in [4.78, 5) is 2.59. The predicted molar refractivity (Wildman–Crippen MR) is 116 cm³/mol. The van der Waals surface area contributed by atoms with Crippen molar-refractivity contribution in [2.45, 2.75) is 50.4 Å². The van der Waals surface area contributed by atoms with E-state index in [1.807, 2.05) is 24.3 Å². The number of aromatic nitrogens is 2. The van der Waals surface area contributed by atoms with Gasteiger partial charge in [0.15, 0.2) is 5.82 Å². The van der Waals surface area contributed by atoms with E-state index in [-0.39, 0.29) is 0 Å². The number of hydrogen-bond acceptors (Lipinski definition) is 4. The minimum Gasteiger partial charge on any atom is -0.364 e. The lowest BCUT2D eigenvalue weighted by atomic mass is 9.89. The second-order valence-corrected chi connectivity index (χ2v) is 8.58. The number of hydrogen-bond donors (Lipinski definition) is 1. The monoisotopic (exact) mass is 426 g/mol. The van der Waals surface area contributed by atoms with Crippen LogP contribution in [0.25, 0.3) is 22.0 Å². The number of likely N-dealkylation sites (tertiary alicyclic amines) is 1. The quantitative estimate of drug-likeness (QED) is 0.577. The Hall–Kier alpha value is -2.67. The van der Waals surface area contributed by atoms with E-state index in [0.29, 0.717) is 17.3 Å². The highest BCUT2D eigenvalue weighted by molar-refractivity contribution is 6.00. The summed E-state index contributed by atoms with van der Waals surface area (Å²) in [7, 11) is 0. The highest BCUT2D eigenvalue weighted by atomic mass is 19.4. The van der Waals surface area contributed by atoms with Gasteiger partial charge in [0.1, 0.15) is 5.69 Å². The first-order chi connectivity index (χ1) is 15.0. The number of piperidine rings is 1. The number of nitrogens with zero attached hydrogens (tertiary/aromatic N) is 3. The van der Waals surface area contributed by atoms with Crippen molar-refractivity contribution in [1.29, 1.82) is 0 Å². The van der Waals surface area contributed by atoms with Crippen molar-refractivity contribution >= 4 is 16.6 Å². The van der Waals surface area contributed by atoms with Crippen LogP contribution in [-0.2, 0) is 6.18 Å². The van der Waals surface area contributed by atoms with Crippen molar-refractivity contribution < 1.29 is 13.2 Å². The van der Waals surface area contributed by atoms with Crippen LogP contribution in [0.2, 0.25) is 0 Å². The third-order valence-electron chi connectivity index (χ3n) is 6.56. The molecule has 3 aromatic rings. The van der Waals surface area contributed by atoms with E-state index < -0.39 is 11.7 Å². The topological polar surface area (TPSA) is 41.1 Å². The molecule has 2 aromatic carbocycles. The van der Waals surface area contributed by atoms with E-state index in [4.69, 9.17) is 0 Å². The molecule has 2 aliphatic rings. The molecule has 1 aromatic heterocycles. The van der Waals surface area contributed by atoms with Crippen LogP contribution in [0.4, 0.5) is 19.0 Å². The first kappa shape index (κ1) is 20.2. The lowest BCUT2D eigenvalue weighted by Gasteiger charge is -2.42. The van der Waals surface area contributed by atoms with E-state index in [1.54, 1.807) is 0 Å². The van der Waals surface area contributed by atoms with Gasteiger partial charge < -0.3 is 5.32 Å². The van der Waals surface area contributed by atoms with Crippen molar-refractivity contribution in [3.8, 4) is 11.3 Å². The van der Waals surface area contributed by atoms with Gasteiger partial charge in [-0.25, -0.2) is 0 Å². The standard InChI is InChI=1S/C24H25F3N4/c25-24(26,27)17-12-10-16(11-13-17)22-20-8-1-2-9-21(20)23(30-29-22)28-18-5-4-14-31(15-18)19-6-3-7-19/h1-2,8-13,18-19H,3-7,14-15H2,(H,28,30)/t18-/m1/s1. The second-order valence-electron chi connectivity index (χ2n) is 8.58. The zero-order valence-corrected chi connectivity index (χ0v) is 17.2. The second kappa shape index (κ2) is 8.11. The van der Waals surface area contributed by atoms with Crippen LogP contribution < -0.4 is 5.32 Å². The van der Waals surface area contributed by atoms with Crippen LogP contribution in [0.15, 0.2) is 48.5 Å². The normalized spacial score (nSPS) is 20.5. The molecule has 0 radical (unpaired) electrons. The molecule has 1 aliphatic carbocycles. The number of rotatable bonds is 4. The van der Waals surface area contributed by atoms with E-state index in [2.05, 4.69) is 20.4 Å². The van der Waals surface area contributed by atoms with Gasteiger partial charge in [0.25, 0.3) is 0 Å². The molecule has 2 fully saturated rings. The summed E-state index contributed by atoms with van der Waals surface area (Å²) in [6, 6.07) is 14.0. The molecule has 0 amide bonds. The molecule has 1 saturated heterocycles. The van der Waals surface area contributed by atoms with Gasteiger partial charge in [-0.15, -0.1) is 10.2 Å². The Balaban J connectivity index is 1.42. The number of halogens is 3. The Morgan fingerprint density at radius 1 is 0.871 bits per heavy atom. The van der Waals surface area contributed by atoms with Crippen molar-refractivity contribution in [2.24, 2.45) is 0 Å². The minimum absolute atomic E-state index is 0.323. The van der Waals surface area contributed by atoms with Crippen LogP contribution in [0.1, 0.15) is 37.7 Å². The van der Waals surface area contributed by atoms with Crippen molar-refractivity contribution in [2.75, 3.05) is 18.4 Å². The molecule has 0 bridgehead atoms. The molecule has 1 saturated carbocycles. The van der Waals surface area contributed by atoms with Crippen molar-refractivity contribution in [1.82, 2.24) is 15.1 Å². The first-order valence-electron chi connectivity index (χ1n) is 10.9. The Labute approximate surface area is 179 Å². The largest absolute Gasteiger partial charge is 0.416 e. The fourth-order valence-electron chi connectivity index (χ4n) is 4.64. The highest BCUT2D eigenvalue weighted by Gasteiger charge is 2.31. The van der Waals surface area contributed by atoms with E-state index >= 15 is 0 Å². The van der Waals surface area contributed by atoms with E-state index in [0.717, 1.165) is 47.7 Å². The average Bonchev–Trinajstić information content (AvgIpc) is 2.73. The zero-order chi connectivity index (χ0) is 21.4. The van der Waals surface area contributed by atoms with Crippen LogP contribution in [0.5, 0.6) is 0 Å². The van der Waals surface area contributed by atoms with E-state index in [9.17, 15) is 13.2 Å². The molecular weight excluding hydrogens is 401 g/mol. The van der Waals surface area contributed by atoms with Crippen LogP contribution in [0, 0.1) is 0 Å². The van der Waals surface area contributed by atoms with Crippen LogP contribution in [-0.4, -0.2) is 40.3 Å². The van der Waals surface area contributed by atoms with Crippen molar-refractivity contribution in [3.05, 3.63) is 54.1 Å². The van der Waals surface area contributed by atoms with Crippen LogP contribution >= 0.6 is 0 Å². The maximum Gasteiger partial charge on any atom is 0.416 e. The summed E-state index contributed by atoms with van der Waals surface area (Å²) < 4.78 is 38.7. The minimum atomic E-state index is -4.35. The number of fused-ring (bicyclic) bond motifs is 1. The van der Waals surface area contributed by atoms with Gasteiger partial charge >= 0.3 is 6.18 Å². The predicted octanol–water partition coefficient (Wildman–Crippen LogP) is 5.74. The Bertz CT molecular complexity index is 1060. The molecule has 0 spiro atoms. The molecule has 5 rings (SSSR count). The molecule has 1 aliphatic heterocycles. The van der Waals surface area contributed by atoms with Gasteiger partial charge in [0, 0.05) is 35.0 Å². The number of nitrogens with one attached hydrogen (secondary N) is 1. The maximum absolute atomic E-state index is 12.9. The summed E-state index contributed by atoms with van der Waals surface area (Å²) in [6.45, 7) is 2.18. The van der Waals surface area contributed by atoms with Gasteiger partial charge in [0.2, 0.25) is 0 Å². The molecule has 31 heavy (non-hydrogen) atoms. The third-order valence-corrected chi connectivity index (χ3v) is 6.56. The summed E-state index contributed by atoms with van der Waals surface area (Å²) in [5.74, 6) is 0.742. The number of anilines is 1. The SMILES string of the molecule is FC(F)(F)c1ccc(-c2nnc(N[C@@H]3CCCN(C4CCC4)C3)c3ccccc23)cc1. The Morgan fingerprint density at radius 3 is 2.29 bits per heavy atom. The lowest BCUT2D eigenvalue weighted by molar-refractivity contribution is -0.137. The first-order valence-corrected chi connectivity index (χ1v) is 10.9. The van der Waals surface area contributed by atoms with Crippen molar-refractivity contribution in [3.63, 3.8) is 0 Å². The Kier molecular flexibility index (Phi) is 5.30. The molecule has 2 heterocycles. The fourth-order valence-corrected chi connectivity index (χ4v) is 4.64. The summed E-state index contributed by atoms with van der Waals surface area (Å²) in [6.07, 6.45) is 1.85. The molecule has 1 N–H and O–H groups in total. The van der Waals surface area contributed by atoms with Crippen LogP contribution in [0.3, 0.4) is 0 Å². The average molecular weight is 426 g/mol. The maximum atomic E-state index is 12.9. The third kappa shape index (κ3) is 4.11. The number of alkyl halides is 3. The van der Waals surface area contributed by atoms with Gasteiger partial charge in [-0.2, -0.15) is 13.2 Å². The van der Waals surface area contributed by atoms with Gasteiger partial charge in [-0.05, 0) is 44.4 Å². The molecule has 7 heteroatoms. The zero-order valence-electron chi connectivity index (χ0n) is 17.2. The summed E-state index contributed by atoms with van der Waals surface area (Å²) in [5.41, 5.74) is 0.548. The number of benzene rings is 2. The Morgan fingerprint density at radius 2 is 1.61 bits per heavy atom. The smallest absolute Gasteiger partial charge is 0.364 e. The van der Waals surface area contributed by atoms with Gasteiger partial charge in [-0.1, -0.05) is 42.8 Å². The van der Waals surface area contributed by atoms with Gasteiger partial charge in [0.05, 0.1) is 5.56 Å². The highest BCUT2D eigenvalue weighted by Crippen LogP contribution is 2.34. The molecule has 4 nitrogen and oxygen atoms in total. The van der Waals surface area contributed by atoms with Gasteiger partial charge in [-0.3, -0.25) is 4.90 Å². The fraction of sp³-hybridized carbons (Fsp3) is 0.417. The molecular formula is C24H25F3N4. The summed E-state index contributed by atoms with van der Waals surface area (Å²) in [5, 5.41) is 14.3. The molecule has 0 unspecified atom stereocenters. The van der Waals surface area contributed by atoms with E-state index in [1.165, 1.54) is 44.4 Å².